The van der Waals surface area contributed by atoms with Gasteiger partial charge in [0.05, 0.1) is 22.0 Å². The Labute approximate surface area is 162 Å². The third-order valence-electron chi connectivity index (χ3n) is 3.87. The van der Waals surface area contributed by atoms with Gasteiger partial charge in [-0.3, -0.25) is 4.72 Å². The number of anilines is 2. The standard InChI is InChI=1S/C18H19ClN4O3S/c1-12(26-2)11-20-17-18(22-16-9-4-3-8-15(16)21-17)23-27(24,25)14-7-5-6-13(19)10-14/h3-10,12H,11H2,1-2H3,(H,20,21)(H,22,23). The molecule has 0 aliphatic rings. The summed E-state index contributed by atoms with van der Waals surface area (Å²) in [5.41, 5.74) is 1.22. The quantitative estimate of drug-likeness (QED) is 0.623. The van der Waals surface area contributed by atoms with Crippen LogP contribution < -0.4 is 10.0 Å². The number of aromatic nitrogens is 2. The summed E-state index contributed by atoms with van der Waals surface area (Å²) < 4.78 is 33.2. The lowest BCUT2D eigenvalue weighted by Crippen LogP contribution is -2.21. The van der Waals surface area contributed by atoms with E-state index >= 15 is 0 Å². The van der Waals surface area contributed by atoms with Gasteiger partial charge in [0, 0.05) is 18.7 Å². The first-order valence-electron chi connectivity index (χ1n) is 8.21. The van der Waals surface area contributed by atoms with E-state index in [0.717, 1.165) is 0 Å². The predicted octanol–water partition coefficient (Wildman–Crippen LogP) is 3.53. The van der Waals surface area contributed by atoms with Gasteiger partial charge in [0.1, 0.15) is 0 Å². The first-order valence-corrected chi connectivity index (χ1v) is 10.1. The summed E-state index contributed by atoms with van der Waals surface area (Å²) in [7, 11) is -2.28. The lowest BCUT2D eigenvalue weighted by Gasteiger charge is -2.16. The Bertz CT molecular complexity index is 1060. The molecule has 1 unspecified atom stereocenters. The number of halogens is 1. The lowest BCUT2D eigenvalue weighted by atomic mass is 10.3. The van der Waals surface area contributed by atoms with Gasteiger partial charge in [-0.1, -0.05) is 29.8 Å². The molecule has 3 rings (SSSR count). The Balaban J connectivity index is 2.00. The molecular weight excluding hydrogens is 388 g/mol. The lowest BCUT2D eigenvalue weighted by molar-refractivity contribution is 0.128. The molecule has 27 heavy (non-hydrogen) atoms. The number of para-hydroxylation sites is 2. The minimum absolute atomic E-state index is 0.0427. The Morgan fingerprint density at radius 3 is 2.37 bits per heavy atom. The predicted molar refractivity (Wildman–Crippen MR) is 107 cm³/mol. The fraction of sp³-hybridized carbons (Fsp3) is 0.222. The van der Waals surface area contributed by atoms with Crippen molar-refractivity contribution in [2.45, 2.75) is 17.9 Å². The molecule has 0 radical (unpaired) electrons. The van der Waals surface area contributed by atoms with Crippen molar-refractivity contribution in [3.63, 3.8) is 0 Å². The molecule has 0 saturated heterocycles. The van der Waals surface area contributed by atoms with E-state index < -0.39 is 10.0 Å². The molecule has 2 aromatic carbocycles. The summed E-state index contributed by atoms with van der Waals surface area (Å²) in [6.45, 7) is 2.33. The second kappa shape index (κ2) is 8.08. The van der Waals surface area contributed by atoms with Crippen LogP contribution >= 0.6 is 11.6 Å². The number of benzene rings is 2. The van der Waals surface area contributed by atoms with Crippen molar-refractivity contribution in [2.24, 2.45) is 0 Å². The van der Waals surface area contributed by atoms with Crippen LogP contribution in [0.15, 0.2) is 53.4 Å². The maximum atomic E-state index is 12.7. The number of sulfonamides is 1. The molecule has 3 aromatic rings. The van der Waals surface area contributed by atoms with Crippen molar-refractivity contribution in [3.8, 4) is 0 Å². The van der Waals surface area contributed by atoms with Crippen molar-refractivity contribution in [2.75, 3.05) is 23.7 Å². The molecule has 1 aromatic heterocycles. The van der Waals surface area contributed by atoms with E-state index in [1.165, 1.54) is 12.1 Å². The van der Waals surface area contributed by atoms with Crippen LogP contribution in [0, 0.1) is 0 Å². The van der Waals surface area contributed by atoms with E-state index in [0.29, 0.717) is 28.4 Å². The smallest absolute Gasteiger partial charge is 0.263 e. The highest BCUT2D eigenvalue weighted by Gasteiger charge is 2.19. The second-order valence-corrected chi connectivity index (χ2v) is 8.02. The molecule has 1 heterocycles. The summed E-state index contributed by atoms with van der Waals surface area (Å²) in [6.07, 6.45) is -0.0874. The van der Waals surface area contributed by atoms with Gasteiger partial charge in [-0.2, -0.15) is 0 Å². The largest absolute Gasteiger partial charge is 0.380 e. The van der Waals surface area contributed by atoms with Crippen LogP contribution in [-0.2, 0) is 14.8 Å². The number of nitrogens with one attached hydrogen (secondary N) is 2. The molecule has 2 N–H and O–H groups in total. The summed E-state index contributed by atoms with van der Waals surface area (Å²) in [4.78, 5) is 8.96. The van der Waals surface area contributed by atoms with Crippen LogP contribution in [0.2, 0.25) is 5.02 Å². The van der Waals surface area contributed by atoms with E-state index in [2.05, 4.69) is 20.0 Å². The third-order valence-corrected chi connectivity index (χ3v) is 5.44. The number of hydrogen-bond donors (Lipinski definition) is 2. The van der Waals surface area contributed by atoms with Crippen LogP contribution in [0.4, 0.5) is 11.6 Å². The van der Waals surface area contributed by atoms with Gasteiger partial charge in [0.15, 0.2) is 11.6 Å². The van der Waals surface area contributed by atoms with Crippen LogP contribution in [-0.4, -0.2) is 38.1 Å². The number of methoxy groups -OCH3 is 1. The topological polar surface area (TPSA) is 93.2 Å². The van der Waals surface area contributed by atoms with E-state index in [1.807, 2.05) is 25.1 Å². The second-order valence-electron chi connectivity index (χ2n) is 5.90. The molecule has 0 bridgehead atoms. The molecule has 0 amide bonds. The summed E-state index contributed by atoms with van der Waals surface area (Å²) >= 11 is 5.92. The number of hydrogen-bond acceptors (Lipinski definition) is 6. The molecular formula is C18H19ClN4O3S. The minimum atomic E-state index is -3.88. The van der Waals surface area contributed by atoms with E-state index in [1.54, 1.807) is 25.3 Å². The van der Waals surface area contributed by atoms with Crippen molar-refractivity contribution < 1.29 is 13.2 Å². The van der Waals surface area contributed by atoms with Crippen LogP contribution in [0.5, 0.6) is 0 Å². The highest BCUT2D eigenvalue weighted by Crippen LogP contribution is 2.25. The molecule has 1 atom stereocenters. The molecule has 9 heteroatoms. The zero-order valence-corrected chi connectivity index (χ0v) is 16.4. The van der Waals surface area contributed by atoms with Crippen molar-refractivity contribution in [3.05, 3.63) is 53.6 Å². The highest BCUT2D eigenvalue weighted by atomic mass is 35.5. The molecule has 0 saturated carbocycles. The minimum Gasteiger partial charge on any atom is -0.380 e. The van der Waals surface area contributed by atoms with Gasteiger partial charge >= 0.3 is 0 Å². The van der Waals surface area contributed by atoms with Gasteiger partial charge in [0.2, 0.25) is 0 Å². The average molecular weight is 407 g/mol. The van der Waals surface area contributed by atoms with E-state index in [4.69, 9.17) is 16.3 Å². The van der Waals surface area contributed by atoms with E-state index in [-0.39, 0.29) is 16.8 Å². The van der Waals surface area contributed by atoms with Gasteiger partial charge in [-0.05, 0) is 37.3 Å². The van der Waals surface area contributed by atoms with Crippen molar-refractivity contribution in [1.82, 2.24) is 9.97 Å². The van der Waals surface area contributed by atoms with E-state index in [9.17, 15) is 8.42 Å². The maximum absolute atomic E-state index is 12.7. The third kappa shape index (κ3) is 4.65. The summed E-state index contributed by atoms with van der Waals surface area (Å²) in [5, 5.41) is 3.42. The number of nitrogens with zero attached hydrogens (tertiary/aromatic N) is 2. The van der Waals surface area contributed by atoms with Crippen LogP contribution in [0.25, 0.3) is 11.0 Å². The maximum Gasteiger partial charge on any atom is 0.263 e. The fourth-order valence-electron chi connectivity index (χ4n) is 2.34. The zero-order valence-electron chi connectivity index (χ0n) is 14.8. The monoisotopic (exact) mass is 406 g/mol. The first kappa shape index (κ1) is 19.3. The SMILES string of the molecule is COC(C)CNc1nc2ccccc2nc1NS(=O)(=O)c1cccc(Cl)c1. The van der Waals surface area contributed by atoms with Gasteiger partial charge in [0.25, 0.3) is 10.0 Å². The Hall–Kier alpha value is -2.42. The van der Waals surface area contributed by atoms with Crippen LogP contribution in [0.3, 0.4) is 0 Å². The first-order chi connectivity index (χ1) is 12.9. The molecule has 0 aliphatic heterocycles. The molecule has 0 fully saturated rings. The number of rotatable bonds is 7. The normalized spacial score (nSPS) is 12.7. The molecule has 0 spiro atoms. The Morgan fingerprint density at radius 1 is 1.07 bits per heavy atom. The Kier molecular flexibility index (Phi) is 5.79. The fourth-order valence-corrected chi connectivity index (χ4v) is 3.65. The van der Waals surface area contributed by atoms with Crippen LogP contribution in [0.1, 0.15) is 6.92 Å². The molecule has 0 aliphatic carbocycles. The average Bonchev–Trinajstić information content (AvgIpc) is 2.65. The van der Waals surface area contributed by atoms with Crippen molar-refractivity contribution in [1.29, 1.82) is 0 Å². The summed E-state index contributed by atoms with van der Waals surface area (Å²) in [6, 6.07) is 13.2. The van der Waals surface area contributed by atoms with Gasteiger partial charge in [-0.25, -0.2) is 18.4 Å². The Morgan fingerprint density at radius 2 is 1.74 bits per heavy atom. The summed E-state index contributed by atoms with van der Waals surface area (Å²) in [5.74, 6) is 0.431. The van der Waals surface area contributed by atoms with Gasteiger partial charge in [-0.15, -0.1) is 0 Å². The highest BCUT2D eigenvalue weighted by molar-refractivity contribution is 7.92. The molecule has 7 nitrogen and oxygen atoms in total. The zero-order chi connectivity index (χ0) is 19.4. The number of ether oxygens (including phenoxy) is 1. The van der Waals surface area contributed by atoms with Gasteiger partial charge < -0.3 is 10.1 Å². The number of fused-ring (bicyclic) bond motifs is 1. The van der Waals surface area contributed by atoms with Crippen molar-refractivity contribution >= 4 is 44.3 Å². The molecule has 142 valence electrons.